The van der Waals surface area contributed by atoms with Gasteiger partial charge in [0.2, 0.25) is 0 Å². The standard InChI is InChI=1S/C16H25FN4O/c1-13-11-14(3-4-15(13)17)12-20-16(18)19-5-2-6-21-7-9-22-10-8-21/h3-4,11H,2,5-10,12H2,1H3,(H3,18,19,20). The lowest BCUT2D eigenvalue weighted by Gasteiger charge is -2.26. The molecular formula is C16H25FN4O. The summed E-state index contributed by atoms with van der Waals surface area (Å²) in [5, 5.41) is 3.11. The average molecular weight is 308 g/mol. The van der Waals surface area contributed by atoms with Gasteiger partial charge in [-0.1, -0.05) is 12.1 Å². The minimum absolute atomic E-state index is 0.193. The zero-order chi connectivity index (χ0) is 15.8. The van der Waals surface area contributed by atoms with Crippen LogP contribution in [-0.4, -0.2) is 50.3 Å². The molecule has 122 valence electrons. The number of rotatable bonds is 6. The maximum absolute atomic E-state index is 13.2. The molecule has 1 aliphatic rings. The van der Waals surface area contributed by atoms with E-state index in [4.69, 9.17) is 10.5 Å². The molecule has 22 heavy (non-hydrogen) atoms. The molecule has 0 bridgehead atoms. The van der Waals surface area contributed by atoms with Crippen LogP contribution in [0.1, 0.15) is 17.5 Å². The predicted octanol–water partition coefficient (Wildman–Crippen LogP) is 1.26. The highest BCUT2D eigenvalue weighted by Crippen LogP contribution is 2.09. The van der Waals surface area contributed by atoms with Crippen molar-refractivity contribution in [2.45, 2.75) is 19.9 Å². The molecule has 1 saturated heterocycles. The number of aryl methyl sites for hydroxylation is 1. The molecule has 0 saturated carbocycles. The minimum atomic E-state index is -0.193. The lowest BCUT2D eigenvalue weighted by atomic mass is 10.1. The van der Waals surface area contributed by atoms with E-state index in [0.29, 0.717) is 18.1 Å². The summed E-state index contributed by atoms with van der Waals surface area (Å²) in [6, 6.07) is 4.99. The zero-order valence-electron chi connectivity index (χ0n) is 13.1. The number of halogens is 1. The molecule has 3 N–H and O–H groups in total. The molecule has 1 aliphatic heterocycles. The topological polar surface area (TPSA) is 62.9 Å². The Morgan fingerprint density at radius 3 is 2.91 bits per heavy atom. The van der Waals surface area contributed by atoms with Gasteiger partial charge >= 0.3 is 0 Å². The number of morpholine rings is 1. The molecule has 0 aliphatic carbocycles. The van der Waals surface area contributed by atoms with Crippen LogP contribution in [0.3, 0.4) is 0 Å². The van der Waals surface area contributed by atoms with E-state index >= 15 is 0 Å². The van der Waals surface area contributed by atoms with Crippen LogP contribution in [0.5, 0.6) is 0 Å². The Labute approximate surface area is 131 Å². The lowest BCUT2D eigenvalue weighted by molar-refractivity contribution is 0.0376. The second-order valence-electron chi connectivity index (χ2n) is 5.52. The number of benzene rings is 1. The highest BCUT2D eigenvalue weighted by molar-refractivity contribution is 5.77. The van der Waals surface area contributed by atoms with Crippen LogP contribution in [0.25, 0.3) is 0 Å². The molecule has 1 aromatic rings. The van der Waals surface area contributed by atoms with Crippen LogP contribution >= 0.6 is 0 Å². The van der Waals surface area contributed by atoms with Gasteiger partial charge in [-0.3, -0.25) is 4.90 Å². The molecule has 1 fully saturated rings. The maximum Gasteiger partial charge on any atom is 0.188 e. The molecular weight excluding hydrogens is 283 g/mol. The second kappa shape index (κ2) is 8.70. The summed E-state index contributed by atoms with van der Waals surface area (Å²) >= 11 is 0. The Bertz CT molecular complexity index is 501. The number of nitrogens with zero attached hydrogens (tertiary/aromatic N) is 2. The zero-order valence-corrected chi connectivity index (χ0v) is 13.1. The van der Waals surface area contributed by atoms with Gasteiger partial charge in [0.1, 0.15) is 5.82 Å². The Hall–Kier alpha value is -1.66. The van der Waals surface area contributed by atoms with Crippen LogP contribution in [-0.2, 0) is 11.3 Å². The first-order valence-electron chi connectivity index (χ1n) is 7.74. The van der Waals surface area contributed by atoms with Crippen molar-refractivity contribution in [1.29, 1.82) is 0 Å². The molecule has 0 atom stereocenters. The van der Waals surface area contributed by atoms with Gasteiger partial charge in [0.05, 0.1) is 19.8 Å². The molecule has 0 amide bonds. The summed E-state index contributed by atoms with van der Waals surface area (Å²) in [6.07, 6.45) is 1.02. The highest BCUT2D eigenvalue weighted by atomic mass is 19.1. The van der Waals surface area contributed by atoms with Crippen molar-refractivity contribution in [3.05, 3.63) is 35.1 Å². The number of hydrogen-bond acceptors (Lipinski definition) is 3. The van der Waals surface area contributed by atoms with Crippen LogP contribution in [0.15, 0.2) is 23.2 Å². The minimum Gasteiger partial charge on any atom is -0.379 e. The number of aliphatic imine (C=N–C) groups is 1. The molecule has 0 aromatic heterocycles. The van der Waals surface area contributed by atoms with E-state index < -0.39 is 0 Å². The van der Waals surface area contributed by atoms with Crippen LogP contribution < -0.4 is 11.1 Å². The van der Waals surface area contributed by atoms with E-state index in [0.717, 1.165) is 51.4 Å². The van der Waals surface area contributed by atoms with E-state index in [2.05, 4.69) is 15.2 Å². The van der Waals surface area contributed by atoms with E-state index in [1.54, 1.807) is 19.1 Å². The molecule has 2 rings (SSSR count). The Kier molecular flexibility index (Phi) is 6.61. The van der Waals surface area contributed by atoms with Gasteiger partial charge in [0.25, 0.3) is 0 Å². The second-order valence-corrected chi connectivity index (χ2v) is 5.52. The molecule has 0 unspecified atom stereocenters. The summed E-state index contributed by atoms with van der Waals surface area (Å²) in [5.74, 6) is 0.242. The van der Waals surface area contributed by atoms with Gasteiger partial charge in [0, 0.05) is 19.6 Å². The van der Waals surface area contributed by atoms with Crippen molar-refractivity contribution < 1.29 is 9.13 Å². The third-order valence-electron chi connectivity index (χ3n) is 3.72. The van der Waals surface area contributed by atoms with E-state index in [9.17, 15) is 4.39 Å². The fraction of sp³-hybridized carbons (Fsp3) is 0.562. The number of ether oxygens (including phenoxy) is 1. The van der Waals surface area contributed by atoms with Crippen molar-refractivity contribution in [3.8, 4) is 0 Å². The van der Waals surface area contributed by atoms with Crippen molar-refractivity contribution in [1.82, 2.24) is 10.2 Å². The Balaban J connectivity index is 1.65. The van der Waals surface area contributed by atoms with Gasteiger partial charge in [-0.2, -0.15) is 0 Å². The predicted molar refractivity (Wildman–Crippen MR) is 86.3 cm³/mol. The monoisotopic (exact) mass is 308 g/mol. The third kappa shape index (κ3) is 5.61. The number of hydrogen-bond donors (Lipinski definition) is 2. The Morgan fingerprint density at radius 1 is 1.41 bits per heavy atom. The quantitative estimate of drug-likeness (QED) is 0.472. The van der Waals surface area contributed by atoms with Crippen molar-refractivity contribution >= 4 is 5.96 Å². The average Bonchev–Trinajstić information content (AvgIpc) is 2.54. The van der Waals surface area contributed by atoms with Crippen molar-refractivity contribution in [2.75, 3.05) is 39.4 Å². The third-order valence-corrected chi connectivity index (χ3v) is 3.72. The van der Waals surface area contributed by atoms with Gasteiger partial charge in [-0.25, -0.2) is 9.38 Å². The first kappa shape index (κ1) is 16.7. The van der Waals surface area contributed by atoms with E-state index in [-0.39, 0.29) is 5.82 Å². The fourth-order valence-corrected chi connectivity index (χ4v) is 2.38. The fourth-order valence-electron chi connectivity index (χ4n) is 2.38. The normalized spacial score (nSPS) is 16.7. The molecule has 6 heteroatoms. The lowest BCUT2D eigenvalue weighted by Crippen LogP contribution is -2.39. The van der Waals surface area contributed by atoms with Crippen LogP contribution in [0.2, 0.25) is 0 Å². The van der Waals surface area contributed by atoms with Crippen molar-refractivity contribution in [3.63, 3.8) is 0 Å². The summed E-state index contributed by atoms with van der Waals surface area (Å²) in [4.78, 5) is 6.67. The van der Waals surface area contributed by atoms with Gasteiger partial charge in [-0.05, 0) is 37.1 Å². The Morgan fingerprint density at radius 2 is 2.18 bits per heavy atom. The van der Waals surface area contributed by atoms with Gasteiger partial charge in [-0.15, -0.1) is 0 Å². The summed E-state index contributed by atoms with van der Waals surface area (Å²) in [5.41, 5.74) is 7.42. The summed E-state index contributed by atoms with van der Waals surface area (Å²) in [6.45, 7) is 7.72. The maximum atomic E-state index is 13.2. The summed E-state index contributed by atoms with van der Waals surface area (Å²) in [7, 11) is 0. The van der Waals surface area contributed by atoms with E-state index in [1.165, 1.54) is 6.07 Å². The van der Waals surface area contributed by atoms with Crippen molar-refractivity contribution in [2.24, 2.45) is 10.7 Å². The van der Waals surface area contributed by atoms with Gasteiger partial charge < -0.3 is 15.8 Å². The largest absolute Gasteiger partial charge is 0.379 e. The smallest absolute Gasteiger partial charge is 0.188 e. The van der Waals surface area contributed by atoms with Crippen LogP contribution in [0, 0.1) is 12.7 Å². The summed E-state index contributed by atoms with van der Waals surface area (Å²) < 4.78 is 18.5. The molecule has 1 aromatic carbocycles. The molecule has 1 heterocycles. The van der Waals surface area contributed by atoms with E-state index in [1.807, 2.05) is 0 Å². The number of nitrogens with one attached hydrogen (secondary N) is 1. The molecule has 0 radical (unpaired) electrons. The number of nitrogens with two attached hydrogens (primary N) is 1. The number of guanidine groups is 1. The van der Waals surface area contributed by atoms with Crippen LogP contribution in [0.4, 0.5) is 4.39 Å². The highest BCUT2D eigenvalue weighted by Gasteiger charge is 2.08. The SMILES string of the molecule is Cc1cc(CN=C(N)NCCCN2CCOCC2)ccc1F. The first-order valence-corrected chi connectivity index (χ1v) is 7.74. The van der Waals surface area contributed by atoms with Gasteiger partial charge in [0.15, 0.2) is 5.96 Å². The molecule has 0 spiro atoms. The first-order chi connectivity index (χ1) is 10.6. The molecule has 5 nitrogen and oxygen atoms in total.